The number of aromatic nitrogens is 4. The first kappa shape index (κ1) is 8.50. The minimum atomic E-state index is 0.748. The fraction of sp³-hybridized carbons (Fsp3) is 0.500. The Labute approximate surface area is 81.2 Å². The summed E-state index contributed by atoms with van der Waals surface area (Å²) in [5, 5.41) is 4.39. The SMILES string of the molecule is CCn1nc(C)c2[nH]c(=S)n(C)c21. The third kappa shape index (κ3) is 1.03. The predicted octanol–water partition coefficient (Wildman–Crippen LogP) is 1.76. The monoisotopic (exact) mass is 196 g/mol. The molecule has 0 bridgehead atoms. The molecule has 0 aromatic carbocycles. The third-order valence-electron chi connectivity index (χ3n) is 2.25. The first-order valence-electron chi connectivity index (χ1n) is 4.27. The maximum atomic E-state index is 5.14. The largest absolute Gasteiger partial charge is 0.328 e. The highest BCUT2D eigenvalue weighted by molar-refractivity contribution is 7.71. The number of fused-ring (bicyclic) bond motifs is 1. The molecule has 2 aromatic rings. The van der Waals surface area contributed by atoms with Gasteiger partial charge in [-0.25, -0.2) is 4.68 Å². The smallest absolute Gasteiger partial charge is 0.179 e. The molecule has 0 fully saturated rings. The van der Waals surface area contributed by atoms with Crippen molar-refractivity contribution in [1.29, 1.82) is 0 Å². The summed E-state index contributed by atoms with van der Waals surface area (Å²) in [5.41, 5.74) is 3.13. The molecule has 2 aromatic heterocycles. The van der Waals surface area contributed by atoms with Gasteiger partial charge in [0.1, 0.15) is 5.52 Å². The van der Waals surface area contributed by atoms with Crippen molar-refractivity contribution in [2.75, 3.05) is 0 Å². The number of rotatable bonds is 1. The molecule has 0 aliphatic carbocycles. The highest BCUT2D eigenvalue weighted by Crippen LogP contribution is 2.16. The molecule has 5 heteroatoms. The molecule has 0 radical (unpaired) electrons. The fourth-order valence-electron chi connectivity index (χ4n) is 1.56. The quantitative estimate of drug-likeness (QED) is 0.706. The van der Waals surface area contributed by atoms with Crippen molar-refractivity contribution in [3.05, 3.63) is 10.5 Å². The zero-order valence-corrected chi connectivity index (χ0v) is 8.77. The molecule has 70 valence electrons. The van der Waals surface area contributed by atoms with Crippen LogP contribution in [0.1, 0.15) is 12.6 Å². The molecule has 0 unspecified atom stereocenters. The van der Waals surface area contributed by atoms with Gasteiger partial charge in [-0.1, -0.05) is 0 Å². The zero-order chi connectivity index (χ0) is 9.59. The number of aryl methyl sites for hydroxylation is 3. The lowest BCUT2D eigenvalue weighted by atomic mass is 10.4. The molecule has 0 aliphatic rings. The summed E-state index contributed by atoms with van der Waals surface area (Å²) in [6, 6.07) is 0. The van der Waals surface area contributed by atoms with Crippen LogP contribution in [0.2, 0.25) is 0 Å². The van der Waals surface area contributed by atoms with E-state index >= 15 is 0 Å². The molecule has 0 aliphatic heterocycles. The van der Waals surface area contributed by atoms with E-state index in [1.165, 1.54) is 0 Å². The van der Waals surface area contributed by atoms with Crippen LogP contribution < -0.4 is 0 Å². The van der Waals surface area contributed by atoms with Crippen LogP contribution in [0.3, 0.4) is 0 Å². The first-order valence-corrected chi connectivity index (χ1v) is 4.68. The average Bonchev–Trinajstić information content (AvgIpc) is 2.55. The van der Waals surface area contributed by atoms with Crippen LogP contribution in [0.15, 0.2) is 0 Å². The van der Waals surface area contributed by atoms with Gasteiger partial charge in [-0.2, -0.15) is 5.10 Å². The Kier molecular flexibility index (Phi) is 1.76. The van der Waals surface area contributed by atoms with Crippen LogP contribution in [0, 0.1) is 11.7 Å². The molecule has 2 heterocycles. The average molecular weight is 196 g/mol. The Morgan fingerprint density at radius 1 is 1.54 bits per heavy atom. The van der Waals surface area contributed by atoms with Gasteiger partial charge in [-0.15, -0.1) is 0 Å². The number of imidazole rings is 1. The molecular weight excluding hydrogens is 184 g/mol. The van der Waals surface area contributed by atoms with Gasteiger partial charge in [-0.05, 0) is 26.1 Å². The normalized spacial score (nSPS) is 11.3. The Morgan fingerprint density at radius 2 is 2.23 bits per heavy atom. The summed E-state index contributed by atoms with van der Waals surface area (Å²) in [6.45, 7) is 4.92. The van der Waals surface area contributed by atoms with Crippen LogP contribution in [0.25, 0.3) is 11.2 Å². The van der Waals surface area contributed by atoms with E-state index < -0.39 is 0 Å². The van der Waals surface area contributed by atoms with Crippen molar-refractivity contribution >= 4 is 23.4 Å². The van der Waals surface area contributed by atoms with Crippen molar-refractivity contribution in [2.24, 2.45) is 7.05 Å². The number of hydrogen-bond acceptors (Lipinski definition) is 2. The zero-order valence-electron chi connectivity index (χ0n) is 7.96. The Balaban J connectivity index is 2.96. The van der Waals surface area contributed by atoms with Crippen LogP contribution in [0.5, 0.6) is 0 Å². The highest BCUT2D eigenvalue weighted by Gasteiger charge is 2.10. The van der Waals surface area contributed by atoms with Crippen LogP contribution in [0.4, 0.5) is 0 Å². The van der Waals surface area contributed by atoms with E-state index in [4.69, 9.17) is 12.2 Å². The van der Waals surface area contributed by atoms with E-state index in [2.05, 4.69) is 17.0 Å². The molecule has 4 nitrogen and oxygen atoms in total. The number of nitrogens with zero attached hydrogens (tertiary/aromatic N) is 3. The minimum absolute atomic E-state index is 0.748. The second-order valence-electron chi connectivity index (χ2n) is 3.09. The molecule has 0 amide bonds. The summed E-state index contributed by atoms with van der Waals surface area (Å²) in [7, 11) is 1.95. The van der Waals surface area contributed by atoms with E-state index in [-0.39, 0.29) is 0 Å². The minimum Gasteiger partial charge on any atom is -0.328 e. The summed E-state index contributed by atoms with van der Waals surface area (Å²) in [4.78, 5) is 3.14. The summed E-state index contributed by atoms with van der Waals surface area (Å²) >= 11 is 5.14. The molecule has 2 rings (SSSR count). The van der Waals surface area contributed by atoms with Crippen molar-refractivity contribution < 1.29 is 0 Å². The summed E-state index contributed by atoms with van der Waals surface area (Å²) in [6.07, 6.45) is 0. The van der Waals surface area contributed by atoms with Crippen molar-refractivity contribution in [3.8, 4) is 0 Å². The van der Waals surface area contributed by atoms with Crippen molar-refractivity contribution in [1.82, 2.24) is 19.3 Å². The van der Waals surface area contributed by atoms with Gasteiger partial charge in [0.15, 0.2) is 10.4 Å². The van der Waals surface area contributed by atoms with Crippen LogP contribution >= 0.6 is 12.2 Å². The Morgan fingerprint density at radius 3 is 2.85 bits per heavy atom. The molecule has 0 saturated carbocycles. The van der Waals surface area contributed by atoms with Gasteiger partial charge >= 0.3 is 0 Å². The van der Waals surface area contributed by atoms with E-state index in [1.54, 1.807) is 0 Å². The maximum Gasteiger partial charge on any atom is 0.179 e. The number of hydrogen-bond donors (Lipinski definition) is 1. The lowest BCUT2D eigenvalue weighted by molar-refractivity contribution is 0.654. The standard InChI is InChI=1S/C8H12N4S/c1-4-12-7-6(5(2)10-12)9-8(13)11(7)3/h4H2,1-3H3,(H,9,13). The maximum absolute atomic E-state index is 5.14. The predicted molar refractivity (Wildman–Crippen MR) is 54.3 cm³/mol. The van der Waals surface area contributed by atoms with E-state index in [0.29, 0.717) is 0 Å². The number of H-pyrrole nitrogens is 1. The van der Waals surface area contributed by atoms with Crippen molar-refractivity contribution in [2.45, 2.75) is 20.4 Å². The van der Waals surface area contributed by atoms with Gasteiger partial charge in [0, 0.05) is 13.6 Å². The van der Waals surface area contributed by atoms with Gasteiger partial charge < -0.3 is 9.55 Å². The molecule has 0 spiro atoms. The number of aromatic amines is 1. The van der Waals surface area contributed by atoms with Gasteiger partial charge in [-0.3, -0.25) is 0 Å². The second-order valence-corrected chi connectivity index (χ2v) is 3.48. The molecule has 1 N–H and O–H groups in total. The molecular formula is C8H12N4S. The topological polar surface area (TPSA) is 38.5 Å². The van der Waals surface area contributed by atoms with Crippen molar-refractivity contribution in [3.63, 3.8) is 0 Å². The fourth-order valence-corrected chi connectivity index (χ4v) is 1.75. The summed E-state index contributed by atoms with van der Waals surface area (Å²) < 4.78 is 4.66. The van der Waals surface area contributed by atoms with Gasteiger partial charge in [0.25, 0.3) is 0 Å². The van der Waals surface area contributed by atoms with Gasteiger partial charge in [0.05, 0.1) is 5.69 Å². The van der Waals surface area contributed by atoms with Crippen LogP contribution in [-0.4, -0.2) is 19.3 Å². The van der Waals surface area contributed by atoms with E-state index in [9.17, 15) is 0 Å². The number of nitrogens with one attached hydrogen (secondary N) is 1. The van der Waals surface area contributed by atoms with E-state index in [1.807, 2.05) is 23.2 Å². The Bertz CT molecular complexity index is 502. The second kappa shape index (κ2) is 2.70. The Hall–Kier alpha value is -1.10. The molecule has 0 atom stereocenters. The molecule has 0 saturated heterocycles. The first-order chi connectivity index (χ1) is 6.15. The highest BCUT2D eigenvalue weighted by atomic mass is 32.1. The van der Waals surface area contributed by atoms with Crippen LogP contribution in [-0.2, 0) is 13.6 Å². The van der Waals surface area contributed by atoms with Gasteiger partial charge in [0.2, 0.25) is 0 Å². The lowest BCUT2D eigenvalue weighted by Crippen LogP contribution is -2.01. The van der Waals surface area contributed by atoms with E-state index in [0.717, 1.165) is 28.2 Å². The third-order valence-corrected chi connectivity index (χ3v) is 2.63. The molecule has 13 heavy (non-hydrogen) atoms. The lowest BCUT2D eigenvalue weighted by Gasteiger charge is -1.97. The summed E-state index contributed by atoms with van der Waals surface area (Å²) in [5.74, 6) is 0.